The van der Waals surface area contributed by atoms with Crippen LogP contribution >= 0.6 is 0 Å². The van der Waals surface area contributed by atoms with E-state index in [1.807, 2.05) is 45.0 Å². The fraction of sp³-hybridized carbons (Fsp3) is 0.600. The quantitative estimate of drug-likeness (QED) is 0.616. The van der Waals surface area contributed by atoms with Crippen molar-refractivity contribution >= 4 is 0 Å². The second kappa shape index (κ2) is 7.24. The van der Waals surface area contributed by atoms with Gasteiger partial charge in [-0.2, -0.15) is 0 Å². The van der Waals surface area contributed by atoms with E-state index in [0.717, 1.165) is 11.3 Å². The molecule has 20 heavy (non-hydrogen) atoms. The van der Waals surface area contributed by atoms with Crippen molar-refractivity contribution in [3.8, 4) is 5.75 Å². The lowest BCUT2D eigenvalue weighted by Gasteiger charge is -2.21. The van der Waals surface area contributed by atoms with E-state index in [-0.39, 0.29) is 29.6 Å². The Morgan fingerprint density at radius 2 is 1.90 bits per heavy atom. The summed E-state index contributed by atoms with van der Waals surface area (Å²) in [5, 5.41) is 19.6. The lowest BCUT2D eigenvalue weighted by molar-refractivity contribution is -0.481. The number of benzene rings is 1. The molecule has 1 N–H and O–H groups in total. The molecule has 0 saturated carbocycles. The van der Waals surface area contributed by atoms with Crippen molar-refractivity contribution in [2.75, 3.05) is 13.2 Å². The van der Waals surface area contributed by atoms with Crippen LogP contribution in [0.5, 0.6) is 5.75 Å². The topological polar surface area (TPSA) is 72.6 Å². The van der Waals surface area contributed by atoms with Gasteiger partial charge < -0.3 is 9.84 Å². The summed E-state index contributed by atoms with van der Waals surface area (Å²) >= 11 is 0. The van der Waals surface area contributed by atoms with Crippen LogP contribution in [0, 0.1) is 16.0 Å². The monoisotopic (exact) mass is 281 g/mol. The second-order valence-corrected chi connectivity index (χ2v) is 5.96. The Bertz CT molecular complexity index is 422. The zero-order chi connectivity index (χ0) is 15.2. The van der Waals surface area contributed by atoms with Crippen molar-refractivity contribution in [2.24, 2.45) is 5.92 Å². The maximum absolute atomic E-state index is 10.4. The van der Waals surface area contributed by atoms with Crippen LogP contribution in [0.1, 0.15) is 32.8 Å². The molecule has 0 spiro atoms. The molecule has 1 aromatic rings. The lowest BCUT2D eigenvalue weighted by atomic mass is 9.97. The molecule has 0 amide bonds. The van der Waals surface area contributed by atoms with E-state index < -0.39 is 0 Å². The van der Waals surface area contributed by atoms with Crippen molar-refractivity contribution in [2.45, 2.75) is 39.2 Å². The highest BCUT2D eigenvalue weighted by molar-refractivity contribution is 5.28. The van der Waals surface area contributed by atoms with Gasteiger partial charge >= 0.3 is 0 Å². The molecule has 0 aromatic heterocycles. The van der Waals surface area contributed by atoms with E-state index in [4.69, 9.17) is 4.74 Å². The van der Waals surface area contributed by atoms with Crippen LogP contribution in [-0.2, 0) is 6.42 Å². The molecule has 0 aliphatic rings. The average molecular weight is 281 g/mol. The maximum atomic E-state index is 10.4. The molecule has 0 heterocycles. The Balaban J connectivity index is 2.57. The maximum Gasteiger partial charge on any atom is 0.204 e. The Morgan fingerprint density at radius 1 is 1.30 bits per heavy atom. The van der Waals surface area contributed by atoms with Crippen LogP contribution in [-0.4, -0.2) is 28.8 Å². The molecular weight excluding hydrogens is 258 g/mol. The molecule has 0 bridgehead atoms. The summed E-state index contributed by atoms with van der Waals surface area (Å²) in [6.07, 6.45) is 1.03. The van der Waals surface area contributed by atoms with Crippen LogP contribution in [0.15, 0.2) is 24.3 Å². The first-order valence-electron chi connectivity index (χ1n) is 6.81. The van der Waals surface area contributed by atoms with E-state index in [1.165, 1.54) is 0 Å². The molecule has 1 atom stereocenters. The van der Waals surface area contributed by atoms with Crippen molar-refractivity contribution in [1.82, 2.24) is 0 Å². The number of aliphatic hydroxyl groups is 1. The van der Waals surface area contributed by atoms with Gasteiger partial charge in [0.05, 0.1) is 0 Å². The minimum atomic E-state index is -0.344. The largest absolute Gasteiger partial charge is 0.488 e. The third kappa shape index (κ3) is 6.52. The summed E-state index contributed by atoms with van der Waals surface area (Å²) in [6, 6.07) is 7.66. The van der Waals surface area contributed by atoms with Gasteiger partial charge in [-0.15, -0.1) is 0 Å². The first-order chi connectivity index (χ1) is 9.30. The fourth-order valence-electron chi connectivity index (χ4n) is 1.93. The number of nitro groups is 1. The van der Waals surface area contributed by atoms with Crippen molar-refractivity contribution < 1.29 is 14.8 Å². The highest BCUT2D eigenvalue weighted by atomic mass is 16.6. The fourth-order valence-corrected chi connectivity index (χ4v) is 1.93. The molecule has 0 aliphatic heterocycles. The lowest BCUT2D eigenvalue weighted by Crippen LogP contribution is -2.22. The van der Waals surface area contributed by atoms with E-state index >= 15 is 0 Å². The molecule has 0 saturated heterocycles. The van der Waals surface area contributed by atoms with Crippen molar-refractivity contribution in [3.63, 3.8) is 0 Å². The summed E-state index contributed by atoms with van der Waals surface area (Å²) in [7, 11) is 0. The predicted molar refractivity (Wildman–Crippen MR) is 77.6 cm³/mol. The zero-order valence-electron chi connectivity index (χ0n) is 12.3. The van der Waals surface area contributed by atoms with Crippen LogP contribution in [0.3, 0.4) is 0 Å². The van der Waals surface area contributed by atoms with Crippen LogP contribution in [0.2, 0.25) is 0 Å². The molecule has 0 aliphatic carbocycles. The van der Waals surface area contributed by atoms with Gasteiger partial charge in [-0.3, -0.25) is 10.1 Å². The van der Waals surface area contributed by atoms with Gasteiger partial charge in [0.15, 0.2) is 0 Å². The smallest absolute Gasteiger partial charge is 0.204 e. The summed E-state index contributed by atoms with van der Waals surface area (Å²) in [5.41, 5.74) is 0.814. The molecule has 112 valence electrons. The second-order valence-electron chi connectivity index (χ2n) is 5.96. The summed E-state index contributed by atoms with van der Waals surface area (Å²) in [4.78, 5) is 10.0. The SMILES string of the molecule is CC(C)(C)Oc1ccc(CC(CO)CC[N+](=O)[O-])cc1. The number of ether oxygens (including phenoxy) is 1. The van der Waals surface area contributed by atoms with Crippen LogP contribution in [0.4, 0.5) is 0 Å². The number of hydrogen-bond donors (Lipinski definition) is 1. The minimum absolute atomic E-state index is 0.0336. The molecule has 1 unspecified atom stereocenters. The Kier molecular flexibility index (Phi) is 5.95. The Labute approximate surface area is 119 Å². The van der Waals surface area contributed by atoms with Gasteiger partial charge in [-0.05, 0) is 50.8 Å². The standard InChI is InChI=1S/C15H23NO4/c1-15(2,3)20-14-6-4-12(5-7-14)10-13(11-17)8-9-16(18)19/h4-7,13,17H,8-11H2,1-3H3. The van der Waals surface area contributed by atoms with E-state index in [2.05, 4.69) is 0 Å². The van der Waals surface area contributed by atoms with Gasteiger partial charge in [0.1, 0.15) is 11.4 Å². The van der Waals surface area contributed by atoms with Crippen molar-refractivity contribution in [1.29, 1.82) is 0 Å². The van der Waals surface area contributed by atoms with E-state index in [9.17, 15) is 15.2 Å². The Morgan fingerprint density at radius 3 is 2.35 bits per heavy atom. The molecule has 0 fully saturated rings. The number of aliphatic hydroxyl groups excluding tert-OH is 1. The summed E-state index contributed by atoms with van der Waals surface area (Å²) in [5.74, 6) is 0.724. The van der Waals surface area contributed by atoms with E-state index in [1.54, 1.807) is 0 Å². The molecule has 0 radical (unpaired) electrons. The normalized spacial score (nSPS) is 13.0. The van der Waals surface area contributed by atoms with Crippen LogP contribution in [0.25, 0.3) is 0 Å². The van der Waals surface area contributed by atoms with E-state index in [0.29, 0.717) is 12.8 Å². The Hall–Kier alpha value is -1.62. The summed E-state index contributed by atoms with van der Waals surface area (Å²) < 4.78 is 5.73. The highest BCUT2D eigenvalue weighted by Crippen LogP contribution is 2.20. The number of nitrogens with zero attached hydrogens (tertiary/aromatic N) is 1. The van der Waals surface area contributed by atoms with Gasteiger partial charge in [-0.1, -0.05) is 12.1 Å². The summed E-state index contributed by atoms with van der Waals surface area (Å²) in [6.45, 7) is 5.82. The first-order valence-corrected chi connectivity index (χ1v) is 6.81. The van der Waals surface area contributed by atoms with Gasteiger partial charge in [0, 0.05) is 18.0 Å². The van der Waals surface area contributed by atoms with Gasteiger partial charge in [0.2, 0.25) is 6.54 Å². The third-order valence-electron chi connectivity index (χ3n) is 2.85. The zero-order valence-corrected chi connectivity index (χ0v) is 12.3. The first kappa shape index (κ1) is 16.4. The molecule has 1 aromatic carbocycles. The highest BCUT2D eigenvalue weighted by Gasteiger charge is 2.14. The average Bonchev–Trinajstić information content (AvgIpc) is 2.34. The molecule has 5 nitrogen and oxygen atoms in total. The molecule has 5 heteroatoms. The predicted octanol–water partition coefficient (Wildman–Crippen LogP) is 2.68. The molecule has 1 rings (SSSR count). The van der Waals surface area contributed by atoms with Crippen LogP contribution < -0.4 is 4.74 Å². The minimum Gasteiger partial charge on any atom is -0.488 e. The number of hydrogen-bond acceptors (Lipinski definition) is 4. The van der Waals surface area contributed by atoms with Gasteiger partial charge in [-0.25, -0.2) is 0 Å². The molecular formula is C15H23NO4. The van der Waals surface area contributed by atoms with Gasteiger partial charge in [0.25, 0.3) is 0 Å². The van der Waals surface area contributed by atoms with Crippen molar-refractivity contribution in [3.05, 3.63) is 39.9 Å². The number of rotatable bonds is 7. The third-order valence-corrected chi connectivity index (χ3v) is 2.85.